The van der Waals surface area contributed by atoms with Crippen LogP contribution in [-0.4, -0.2) is 30.9 Å². The van der Waals surface area contributed by atoms with E-state index in [0.717, 1.165) is 25.8 Å². The summed E-state index contributed by atoms with van der Waals surface area (Å²) < 4.78 is 0. The van der Waals surface area contributed by atoms with E-state index in [-0.39, 0.29) is 23.7 Å². The molecule has 17 heavy (non-hydrogen) atoms. The second-order valence-electron chi connectivity index (χ2n) is 5.26. The third-order valence-corrected chi connectivity index (χ3v) is 3.86. The van der Waals surface area contributed by atoms with Crippen LogP contribution in [0, 0.1) is 5.41 Å². The zero-order valence-electron chi connectivity index (χ0n) is 11.2. The summed E-state index contributed by atoms with van der Waals surface area (Å²) in [6.07, 6.45) is 7.73. The molecule has 1 aliphatic rings. The Morgan fingerprint density at radius 1 is 1.29 bits per heavy atom. The van der Waals surface area contributed by atoms with E-state index in [4.69, 9.17) is 5.73 Å². The highest BCUT2D eigenvalue weighted by Crippen LogP contribution is 2.38. The van der Waals surface area contributed by atoms with Gasteiger partial charge in [-0.25, -0.2) is 0 Å². The van der Waals surface area contributed by atoms with Crippen molar-refractivity contribution in [3.63, 3.8) is 0 Å². The molecule has 0 aromatic carbocycles. The smallest absolute Gasteiger partial charge is 0.222 e. The minimum absolute atomic E-state index is 0. The zero-order valence-corrected chi connectivity index (χ0v) is 12.0. The Hall–Kier alpha value is -0.280. The highest BCUT2D eigenvalue weighted by Gasteiger charge is 2.33. The number of carbonyl (C=O) groups is 1. The van der Waals surface area contributed by atoms with Crippen molar-refractivity contribution in [2.24, 2.45) is 11.1 Å². The van der Waals surface area contributed by atoms with E-state index in [9.17, 15) is 4.79 Å². The van der Waals surface area contributed by atoms with Crippen LogP contribution < -0.4 is 5.73 Å². The van der Waals surface area contributed by atoms with Crippen LogP contribution in [0.25, 0.3) is 0 Å². The van der Waals surface area contributed by atoms with Gasteiger partial charge in [-0.3, -0.25) is 4.79 Å². The van der Waals surface area contributed by atoms with E-state index in [1.54, 1.807) is 0 Å². The number of rotatable bonds is 5. The third-order valence-electron chi connectivity index (χ3n) is 3.86. The van der Waals surface area contributed by atoms with Gasteiger partial charge in [0.05, 0.1) is 0 Å². The fraction of sp³-hybridized carbons (Fsp3) is 0.923. The molecular weight excluding hydrogens is 236 g/mol. The van der Waals surface area contributed by atoms with Gasteiger partial charge in [0.2, 0.25) is 5.91 Å². The maximum Gasteiger partial charge on any atom is 0.222 e. The van der Waals surface area contributed by atoms with Crippen molar-refractivity contribution >= 4 is 18.3 Å². The van der Waals surface area contributed by atoms with Crippen molar-refractivity contribution in [3.8, 4) is 0 Å². The second-order valence-corrected chi connectivity index (χ2v) is 5.26. The normalized spacial score (nSPS) is 18.3. The molecule has 0 aromatic heterocycles. The van der Waals surface area contributed by atoms with Gasteiger partial charge in [-0.15, -0.1) is 12.4 Å². The van der Waals surface area contributed by atoms with Gasteiger partial charge in [0.15, 0.2) is 0 Å². The Labute approximate surface area is 112 Å². The van der Waals surface area contributed by atoms with Crippen LogP contribution in [0.4, 0.5) is 0 Å². The first-order chi connectivity index (χ1) is 7.63. The summed E-state index contributed by atoms with van der Waals surface area (Å²) in [6, 6.07) is 0. The summed E-state index contributed by atoms with van der Waals surface area (Å²) >= 11 is 0. The van der Waals surface area contributed by atoms with Crippen LogP contribution in [0.3, 0.4) is 0 Å². The van der Waals surface area contributed by atoms with Crippen LogP contribution in [-0.2, 0) is 4.79 Å². The summed E-state index contributed by atoms with van der Waals surface area (Å²) in [6.45, 7) is 3.63. The summed E-state index contributed by atoms with van der Waals surface area (Å²) in [4.78, 5) is 13.9. The molecule has 0 radical (unpaired) electrons. The van der Waals surface area contributed by atoms with Gasteiger partial charge in [-0.1, -0.05) is 26.2 Å². The van der Waals surface area contributed by atoms with E-state index < -0.39 is 0 Å². The Kier molecular flexibility index (Phi) is 7.80. The minimum Gasteiger partial charge on any atom is -0.346 e. The molecule has 102 valence electrons. The molecule has 0 aromatic rings. The van der Waals surface area contributed by atoms with Crippen LogP contribution in [0.15, 0.2) is 0 Å². The quantitative estimate of drug-likeness (QED) is 0.828. The van der Waals surface area contributed by atoms with Crippen LogP contribution in [0.2, 0.25) is 0 Å². The predicted molar refractivity (Wildman–Crippen MR) is 74.4 cm³/mol. The van der Waals surface area contributed by atoms with E-state index in [1.807, 2.05) is 11.9 Å². The molecule has 0 unspecified atom stereocenters. The molecular formula is C13H27ClN2O. The van der Waals surface area contributed by atoms with Crippen molar-refractivity contribution in [2.75, 3.05) is 20.1 Å². The monoisotopic (exact) mass is 262 g/mol. The van der Waals surface area contributed by atoms with Crippen molar-refractivity contribution in [3.05, 3.63) is 0 Å². The lowest BCUT2D eigenvalue weighted by molar-refractivity contribution is -0.132. The molecule has 0 bridgehead atoms. The Bertz CT molecular complexity index is 227. The molecule has 0 aliphatic heterocycles. The lowest BCUT2D eigenvalue weighted by Gasteiger charge is -2.36. The molecule has 0 spiro atoms. The minimum atomic E-state index is 0. The van der Waals surface area contributed by atoms with Gasteiger partial charge in [0, 0.05) is 20.0 Å². The number of amides is 1. The molecule has 1 rings (SSSR count). The topological polar surface area (TPSA) is 46.3 Å². The molecule has 0 atom stereocenters. The highest BCUT2D eigenvalue weighted by molar-refractivity contribution is 5.85. The molecule has 0 saturated heterocycles. The van der Waals surface area contributed by atoms with Gasteiger partial charge >= 0.3 is 0 Å². The molecule has 1 fully saturated rings. The molecule has 4 heteroatoms. The molecule has 1 aliphatic carbocycles. The van der Waals surface area contributed by atoms with Crippen molar-refractivity contribution in [1.82, 2.24) is 4.90 Å². The molecule has 2 N–H and O–H groups in total. The number of carbonyl (C=O) groups excluding carboxylic acids is 1. The number of hydrogen-bond donors (Lipinski definition) is 1. The maximum atomic E-state index is 12.0. The lowest BCUT2D eigenvalue weighted by atomic mass is 9.71. The first-order valence-corrected chi connectivity index (χ1v) is 6.57. The fourth-order valence-electron chi connectivity index (χ4n) is 2.67. The first-order valence-electron chi connectivity index (χ1n) is 6.57. The van der Waals surface area contributed by atoms with Gasteiger partial charge in [0.25, 0.3) is 0 Å². The Morgan fingerprint density at radius 3 is 2.35 bits per heavy atom. The third kappa shape index (κ3) is 4.84. The average Bonchev–Trinajstić information content (AvgIpc) is 2.30. The maximum absolute atomic E-state index is 12.0. The van der Waals surface area contributed by atoms with Gasteiger partial charge < -0.3 is 10.6 Å². The summed E-state index contributed by atoms with van der Waals surface area (Å²) in [7, 11) is 1.90. The number of halogens is 1. The number of hydrogen-bond acceptors (Lipinski definition) is 2. The van der Waals surface area contributed by atoms with Crippen LogP contribution in [0.1, 0.15) is 51.9 Å². The Morgan fingerprint density at radius 2 is 1.88 bits per heavy atom. The average molecular weight is 263 g/mol. The van der Waals surface area contributed by atoms with E-state index in [2.05, 4.69) is 6.92 Å². The molecule has 3 nitrogen and oxygen atoms in total. The van der Waals surface area contributed by atoms with E-state index in [1.165, 1.54) is 19.3 Å². The summed E-state index contributed by atoms with van der Waals surface area (Å²) in [5, 5.41) is 0. The SMILES string of the molecule is CCCN(C)C(=O)CC1(CN)CCCCC1.Cl. The van der Waals surface area contributed by atoms with Gasteiger partial charge in [0.1, 0.15) is 0 Å². The molecule has 0 heterocycles. The van der Waals surface area contributed by atoms with E-state index in [0.29, 0.717) is 13.0 Å². The van der Waals surface area contributed by atoms with Crippen molar-refractivity contribution < 1.29 is 4.79 Å². The van der Waals surface area contributed by atoms with Crippen molar-refractivity contribution in [1.29, 1.82) is 0 Å². The Balaban J connectivity index is 0.00000256. The standard InChI is InChI=1S/C13H26N2O.ClH/c1-3-9-15(2)12(16)10-13(11-14)7-5-4-6-8-13;/h3-11,14H2,1-2H3;1H. The molecule has 1 amide bonds. The second kappa shape index (κ2) is 7.93. The zero-order chi connectivity index (χ0) is 12.0. The molecule has 1 saturated carbocycles. The number of nitrogens with two attached hydrogens (primary N) is 1. The van der Waals surface area contributed by atoms with E-state index >= 15 is 0 Å². The largest absolute Gasteiger partial charge is 0.346 e. The fourth-order valence-corrected chi connectivity index (χ4v) is 2.67. The van der Waals surface area contributed by atoms with Crippen LogP contribution >= 0.6 is 12.4 Å². The van der Waals surface area contributed by atoms with Gasteiger partial charge in [-0.05, 0) is 31.2 Å². The summed E-state index contributed by atoms with van der Waals surface area (Å²) in [5.74, 6) is 0.272. The lowest BCUT2D eigenvalue weighted by Crippen LogP contribution is -2.39. The highest BCUT2D eigenvalue weighted by atomic mass is 35.5. The first kappa shape index (κ1) is 16.7. The van der Waals surface area contributed by atoms with Crippen LogP contribution in [0.5, 0.6) is 0 Å². The predicted octanol–water partition coefficient (Wildman–Crippen LogP) is 2.58. The van der Waals surface area contributed by atoms with Gasteiger partial charge in [-0.2, -0.15) is 0 Å². The summed E-state index contributed by atoms with van der Waals surface area (Å²) in [5.41, 5.74) is 6.00. The van der Waals surface area contributed by atoms with Crippen molar-refractivity contribution in [2.45, 2.75) is 51.9 Å². The number of nitrogens with zero attached hydrogens (tertiary/aromatic N) is 1.